The van der Waals surface area contributed by atoms with Gasteiger partial charge >= 0.3 is 0 Å². The van der Waals surface area contributed by atoms with Crippen LogP contribution >= 0.6 is 7.14 Å². The minimum absolute atomic E-state index is 0.501. The van der Waals surface area contributed by atoms with Gasteiger partial charge in [0.05, 0.1) is 22.1 Å². The normalized spacial score (nSPS) is 15.5. The molecule has 1 atom stereocenters. The van der Waals surface area contributed by atoms with Gasteiger partial charge in [0.25, 0.3) is 0 Å². The van der Waals surface area contributed by atoms with Gasteiger partial charge < -0.3 is 9.13 Å². The van der Waals surface area contributed by atoms with Crippen LogP contribution < -0.4 is 15.9 Å². The summed E-state index contributed by atoms with van der Waals surface area (Å²) in [4.78, 5) is 0. The molecule has 52 heavy (non-hydrogen) atoms. The Hall–Kier alpha value is -6.21. The Balaban J connectivity index is 1.17. The standard InChI is InChI=1S/C49H32NOP/c51-52(34-15-3-1-4-16-34,35-17-5-2-6-18-35)36-31-29-33(30-32-36)37-21-13-25-43-47(37)40-20-7-9-23-41(40)49(43)42-24-10-12-28-46(42)50-45-27-11-8-19-38(45)39-22-14-26-44(49)48(39)50/h1-32H. The second-order valence-electron chi connectivity index (χ2n) is 13.9. The summed E-state index contributed by atoms with van der Waals surface area (Å²) in [6.45, 7) is 0. The van der Waals surface area contributed by atoms with Crippen LogP contribution in [0.25, 0.3) is 49.7 Å². The van der Waals surface area contributed by atoms with Crippen molar-refractivity contribution in [1.29, 1.82) is 0 Å². The van der Waals surface area contributed by atoms with E-state index in [0.717, 1.165) is 21.5 Å². The Bertz CT molecular complexity index is 2880. The van der Waals surface area contributed by atoms with Crippen molar-refractivity contribution < 1.29 is 4.57 Å². The van der Waals surface area contributed by atoms with Crippen molar-refractivity contribution in [2.24, 2.45) is 0 Å². The van der Waals surface area contributed by atoms with Crippen LogP contribution in [0.4, 0.5) is 0 Å². The Labute approximate surface area is 302 Å². The van der Waals surface area contributed by atoms with Gasteiger partial charge in [-0.05, 0) is 56.6 Å². The summed E-state index contributed by atoms with van der Waals surface area (Å²) >= 11 is 0. The van der Waals surface area contributed by atoms with Crippen LogP contribution in [0.15, 0.2) is 194 Å². The first-order valence-electron chi connectivity index (χ1n) is 17.9. The van der Waals surface area contributed by atoms with Gasteiger partial charge in [-0.3, -0.25) is 0 Å². The molecule has 0 radical (unpaired) electrons. The van der Waals surface area contributed by atoms with Crippen molar-refractivity contribution >= 4 is 44.9 Å². The molecule has 0 bridgehead atoms. The molecule has 0 N–H and O–H groups in total. The molecule has 9 aromatic rings. The predicted octanol–water partition coefficient (Wildman–Crippen LogP) is 10.8. The summed E-state index contributed by atoms with van der Waals surface area (Å²) in [6.07, 6.45) is 0. The van der Waals surface area contributed by atoms with E-state index in [-0.39, 0.29) is 0 Å². The Morgan fingerprint density at radius 3 is 1.71 bits per heavy atom. The molecule has 2 heterocycles. The SMILES string of the molecule is O=P(c1ccccc1)(c1ccccc1)c1ccc(-c2cccc3c2-c2ccccc2C32c3ccccc3-n3c4ccccc4c4cccc2c43)cc1. The summed E-state index contributed by atoms with van der Waals surface area (Å²) in [7, 11) is -3.09. The number of benzene rings is 8. The number of hydrogen-bond acceptors (Lipinski definition) is 1. The van der Waals surface area contributed by atoms with E-state index in [1.807, 2.05) is 60.7 Å². The largest absolute Gasteiger partial charge is 0.309 e. The maximum absolute atomic E-state index is 15.2. The Morgan fingerprint density at radius 2 is 0.942 bits per heavy atom. The zero-order valence-corrected chi connectivity index (χ0v) is 29.2. The van der Waals surface area contributed by atoms with Crippen LogP contribution in [-0.4, -0.2) is 4.57 Å². The van der Waals surface area contributed by atoms with Crippen molar-refractivity contribution in [1.82, 2.24) is 4.57 Å². The Kier molecular flexibility index (Phi) is 6.18. The smallest absolute Gasteiger partial charge is 0.171 e. The minimum atomic E-state index is -3.09. The van der Waals surface area contributed by atoms with Crippen molar-refractivity contribution in [3.63, 3.8) is 0 Å². The summed E-state index contributed by atoms with van der Waals surface area (Å²) in [5.41, 5.74) is 13.2. The van der Waals surface area contributed by atoms with Gasteiger partial charge in [0, 0.05) is 26.7 Å². The van der Waals surface area contributed by atoms with Gasteiger partial charge in [0.1, 0.15) is 0 Å². The van der Waals surface area contributed by atoms with E-state index >= 15 is 4.57 Å². The van der Waals surface area contributed by atoms with E-state index in [9.17, 15) is 0 Å². The van der Waals surface area contributed by atoms with E-state index in [2.05, 4.69) is 138 Å². The highest BCUT2D eigenvalue weighted by Crippen LogP contribution is 2.62. The number of fused-ring (bicyclic) bond motifs is 12. The molecular formula is C49H32NOP. The molecule has 0 saturated heterocycles. The molecule has 0 fully saturated rings. The predicted molar refractivity (Wildman–Crippen MR) is 216 cm³/mol. The van der Waals surface area contributed by atoms with E-state index in [0.29, 0.717) is 0 Å². The lowest BCUT2D eigenvalue weighted by Gasteiger charge is -2.39. The highest BCUT2D eigenvalue weighted by Gasteiger charge is 2.51. The lowest BCUT2D eigenvalue weighted by atomic mass is 9.65. The van der Waals surface area contributed by atoms with Crippen LogP contribution in [-0.2, 0) is 9.98 Å². The van der Waals surface area contributed by atoms with Gasteiger partial charge in [-0.2, -0.15) is 0 Å². The zero-order chi connectivity index (χ0) is 34.4. The molecule has 11 rings (SSSR count). The van der Waals surface area contributed by atoms with E-state index < -0.39 is 12.6 Å². The molecule has 244 valence electrons. The molecule has 0 saturated carbocycles. The van der Waals surface area contributed by atoms with Crippen LogP contribution in [0.5, 0.6) is 0 Å². The fourth-order valence-electron chi connectivity index (χ4n) is 9.43. The summed E-state index contributed by atoms with van der Waals surface area (Å²) < 4.78 is 17.7. The van der Waals surface area contributed by atoms with Gasteiger partial charge in [-0.25, -0.2) is 0 Å². The molecular weight excluding hydrogens is 650 g/mol. The second kappa shape index (κ2) is 10.9. The molecule has 1 spiro atoms. The zero-order valence-electron chi connectivity index (χ0n) is 28.3. The first kappa shape index (κ1) is 29.5. The third-order valence-corrected chi connectivity index (χ3v) is 14.6. The highest BCUT2D eigenvalue weighted by molar-refractivity contribution is 7.85. The van der Waals surface area contributed by atoms with Crippen LogP contribution in [0.1, 0.15) is 22.3 Å². The van der Waals surface area contributed by atoms with Gasteiger partial charge in [0.15, 0.2) is 7.14 Å². The molecule has 1 unspecified atom stereocenters. The first-order chi connectivity index (χ1) is 25.7. The molecule has 3 heteroatoms. The fourth-order valence-corrected chi connectivity index (χ4v) is 12.1. The maximum Gasteiger partial charge on any atom is 0.171 e. The number of aromatic nitrogens is 1. The average Bonchev–Trinajstić information content (AvgIpc) is 3.72. The number of hydrogen-bond donors (Lipinski definition) is 0. The lowest BCUT2D eigenvalue weighted by Crippen LogP contribution is -2.33. The van der Waals surface area contributed by atoms with Gasteiger partial charge in [-0.15, -0.1) is 0 Å². The van der Waals surface area contributed by atoms with Crippen LogP contribution in [0.3, 0.4) is 0 Å². The number of para-hydroxylation sites is 3. The van der Waals surface area contributed by atoms with Crippen LogP contribution in [0.2, 0.25) is 0 Å². The molecule has 1 aliphatic carbocycles. The van der Waals surface area contributed by atoms with Crippen molar-refractivity contribution in [2.75, 3.05) is 0 Å². The average molecular weight is 682 g/mol. The lowest BCUT2D eigenvalue weighted by molar-refractivity contribution is 0.592. The molecule has 8 aromatic carbocycles. The van der Waals surface area contributed by atoms with E-state index in [1.165, 1.54) is 66.4 Å². The summed E-state index contributed by atoms with van der Waals surface area (Å²) in [5, 5.41) is 5.07. The third kappa shape index (κ3) is 3.72. The second-order valence-corrected chi connectivity index (χ2v) is 16.7. The number of nitrogens with zero attached hydrogens (tertiary/aromatic N) is 1. The fraction of sp³-hybridized carbons (Fsp3) is 0.0204. The van der Waals surface area contributed by atoms with E-state index in [4.69, 9.17) is 0 Å². The minimum Gasteiger partial charge on any atom is -0.309 e. The monoisotopic (exact) mass is 681 g/mol. The molecule has 0 amide bonds. The third-order valence-electron chi connectivity index (χ3n) is 11.5. The maximum atomic E-state index is 15.2. The summed E-state index contributed by atoms with van der Waals surface area (Å²) in [5.74, 6) is 0. The Morgan fingerprint density at radius 1 is 0.404 bits per heavy atom. The molecule has 1 aromatic heterocycles. The topological polar surface area (TPSA) is 22.0 Å². The molecule has 2 nitrogen and oxygen atoms in total. The highest BCUT2D eigenvalue weighted by atomic mass is 31.2. The van der Waals surface area contributed by atoms with Crippen molar-refractivity contribution in [2.45, 2.75) is 5.41 Å². The van der Waals surface area contributed by atoms with Crippen molar-refractivity contribution in [3.8, 4) is 27.9 Å². The molecule has 1 aliphatic heterocycles. The number of rotatable bonds is 4. The van der Waals surface area contributed by atoms with Gasteiger partial charge in [0.2, 0.25) is 0 Å². The molecule has 2 aliphatic rings. The van der Waals surface area contributed by atoms with Crippen molar-refractivity contribution in [3.05, 3.63) is 216 Å². The first-order valence-corrected chi connectivity index (χ1v) is 19.6. The quantitative estimate of drug-likeness (QED) is 0.170. The van der Waals surface area contributed by atoms with Gasteiger partial charge in [-0.1, -0.05) is 182 Å². The van der Waals surface area contributed by atoms with Crippen LogP contribution in [0, 0.1) is 0 Å². The van der Waals surface area contributed by atoms with E-state index in [1.54, 1.807) is 0 Å². The summed E-state index contributed by atoms with van der Waals surface area (Å²) in [6, 6.07) is 68.8.